The first kappa shape index (κ1) is 15.2. The van der Waals surface area contributed by atoms with Crippen LogP contribution in [0.3, 0.4) is 0 Å². The minimum absolute atomic E-state index is 0.0739. The molecule has 0 spiro atoms. The minimum atomic E-state index is -3.24. The predicted octanol–water partition coefficient (Wildman–Crippen LogP) is 1.21. The Bertz CT molecular complexity index is 727. The molecule has 1 aromatic carbocycles. The summed E-state index contributed by atoms with van der Waals surface area (Å²) < 4.78 is 28.5. The van der Waals surface area contributed by atoms with Gasteiger partial charge in [-0.25, -0.2) is 12.7 Å². The summed E-state index contributed by atoms with van der Waals surface area (Å²) in [5, 5.41) is 7.95. The van der Waals surface area contributed by atoms with E-state index in [0.29, 0.717) is 19.0 Å². The second-order valence-corrected chi connectivity index (χ2v) is 7.79. The molecular weight excluding hydrogens is 300 g/mol. The summed E-state index contributed by atoms with van der Waals surface area (Å²) in [5.41, 5.74) is 0.833. The van der Waals surface area contributed by atoms with Crippen molar-refractivity contribution in [3.05, 3.63) is 48.0 Å². The Hall–Kier alpha value is -1.73. The standard InChI is InChI=1S/C15H20N4O2S/c1-18-12-16-17-15(18)9-14-7-8-19(10-14)22(20,21)11-13-5-3-2-4-6-13/h2-6,12,14H,7-11H2,1H3/t14-/m1/s1. The third-order valence-corrected chi connectivity index (χ3v) is 5.93. The highest BCUT2D eigenvalue weighted by molar-refractivity contribution is 7.88. The quantitative estimate of drug-likeness (QED) is 0.830. The maximum absolute atomic E-state index is 12.5. The third-order valence-electron chi connectivity index (χ3n) is 4.11. The number of aromatic nitrogens is 3. The SMILES string of the molecule is Cn1cnnc1C[C@H]1CCN(S(=O)(=O)Cc2ccccc2)C1. The molecule has 1 fully saturated rings. The first-order valence-corrected chi connectivity index (χ1v) is 9.00. The predicted molar refractivity (Wildman–Crippen MR) is 83.5 cm³/mol. The van der Waals surface area contributed by atoms with E-state index in [-0.39, 0.29) is 5.75 Å². The van der Waals surface area contributed by atoms with E-state index in [1.54, 1.807) is 10.6 Å². The highest BCUT2D eigenvalue weighted by Gasteiger charge is 2.32. The molecule has 22 heavy (non-hydrogen) atoms. The van der Waals surface area contributed by atoms with Crippen LogP contribution in [0, 0.1) is 5.92 Å². The summed E-state index contributed by atoms with van der Waals surface area (Å²) in [6.45, 7) is 1.17. The van der Waals surface area contributed by atoms with Crippen molar-refractivity contribution in [2.45, 2.75) is 18.6 Å². The molecule has 0 bridgehead atoms. The Balaban J connectivity index is 1.63. The van der Waals surface area contributed by atoms with E-state index >= 15 is 0 Å². The number of nitrogens with zero attached hydrogens (tertiary/aromatic N) is 4. The van der Waals surface area contributed by atoms with E-state index in [4.69, 9.17) is 0 Å². The molecule has 1 aliphatic rings. The van der Waals surface area contributed by atoms with Crippen LogP contribution in [0.15, 0.2) is 36.7 Å². The van der Waals surface area contributed by atoms with Gasteiger partial charge in [0.2, 0.25) is 10.0 Å². The number of hydrogen-bond donors (Lipinski definition) is 0. The number of sulfonamides is 1. The van der Waals surface area contributed by atoms with Crippen molar-refractivity contribution < 1.29 is 8.42 Å². The highest BCUT2D eigenvalue weighted by Crippen LogP contribution is 2.24. The summed E-state index contributed by atoms with van der Waals surface area (Å²) in [7, 11) is -1.33. The molecule has 0 unspecified atom stereocenters. The van der Waals surface area contributed by atoms with Crippen LogP contribution >= 0.6 is 0 Å². The number of benzene rings is 1. The highest BCUT2D eigenvalue weighted by atomic mass is 32.2. The molecule has 3 rings (SSSR count). The van der Waals surface area contributed by atoms with E-state index in [1.165, 1.54) is 0 Å². The van der Waals surface area contributed by atoms with Gasteiger partial charge < -0.3 is 4.57 Å². The van der Waals surface area contributed by atoms with Gasteiger partial charge in [0.15, 0.2) is 0 Å². The van der Waals surface area contributed by atoms with Gasteiger partial charge in [-0.15, -0.1) is 10.2 Å². The summed E-state index contributed by atoms with van der Waals surface area (Å²) in [4.78, 5) is 0. The zero-order chi connectivity index (χ0) is 15.6. The molecule has 0 saturated carbocycles. The van der Waals surface area contributed by atoms with Crippen LogP contribution in [-0.4, -0.2) is 40.6 Å². The first-order valence-electron chi connectivity index (χ1n) is 7.39. The lowest BCUT2D eigenvalue weighted by Gasteiger charge is -2.16. The number of rotatable bonds is 5. The van der Waals surface area contributed by atoms with Gasteiger partial charge in [0.25, 0.3) is 0 Å². The summed E-state index contributed by atoms with van der Waals surface area (Å²) in [5.74, 6) is 1.30. The second kappa shape index (κ2) is 6.18. The van der Waals surface area contributed by atoms with E-state index in [1.807, 2.05) is 41.9 Å². The molecule has 1 atom stereocenters. The lowest BCUT2D eigenvalue weighted by Crippen LogP contribution is -2.30. The second-order valence-electron chi connectivity index (χ2n) is 5.82. The van der Waals surface area contributed by atoms with Crippen molar-refractivity contribution in [3.8, 4) is 0 Å². The Morgan fingerprint density at radius 2 is 2.05 bits per heavy atom. The molecule has 6 nitrogen and oxygen atoms in total. The fraction of sp³-hybridized carbons (Fsp3) is 0.467. The van der Waals surface area contributed by atoms with Crippen LogP contribution in [0.4, 0.5) is 0 Å². The Morgan fingerprint density at radius 1 is 1.27 bits per heavy atom. The lowest BCUT2D eigenvalue weighted by molar-refractivity contribution is 0.451. The molecule has 0 radical (unpaired) electrons. The molecular formula is C15H20N4O2S. The van der Waals surface area contributed by atoms with E-state index in [2.05, 4.69) is 10.2 Å². The Morgan fingerprint density at radius 3 is 2.73 bits per heavy atom. The maximum Gasteiger partial charge on any atom is 0.218 e. The normalized spacial score (nSPS) is 19.6. The largest absolute Gasteiger partial charge is 0.321 e. The monoisotopic (exact) mass is 320 g/mol. The molecule has 7 heteroatoms. The lowest BCUT2D eigenvalue weighted by atomic mass is 10.1. The van der Waals surface area contributed by atoms with Crippen molar-refractivity contribution in [3.63, 3.8) is 0 Å². The molecule has 2 aromatic rings. The third kappa shape index (κ3) is 3.36. The van der Waals surface area contributed by atoms with Crippen LogP contribution in [-0.2, 0) is 29.2 Å². The van der Waals surface area contributed by atoms with E-state index in [0.717, 1.165) is 24.2 Å². The van der Waals surface area contributed by atoms with Gasteiger partial charge in [0.1, 0.15) is 12.2 Å². The van der Waals surface area contributed by atoms with Gasteiger partial charge in [0, 0.05) is 26.6 Å². The van der Waals surface area contributed by atoms with Crippen LogP contribution in [0.1, 0.15) is 17.8 Å². The zero-order valence-corrected chi connectivity index (χ0v) is 13.4. The van der Waals surface area contributed by atoms with Crippen molar-refractivity contribution in [1.29, 1.82) is 0 Å². The molecule has 0 N–H and O–H groups in total. The van der Waals surface area contributed by atoms with Crippen molar-refractivity contribution >= 4 is 10.0 Å². The molecule has 1 saturated heterocycles. The fourth-order valence-corrected chi connectivity index (χ4v) is 4.46. The summed E-state index contributed by atoms with van der Waals surface area (Å²) >= 11 is 0. The van der Waals surface area contributed by atoms with E-state index in [9.17, 15) is 8.42 Å². The van der Waals surface area contributed by atoms with Gasteiger partial charge in [0.05, 0.1) is 5.75 Å². The molecule has 118 valence electrons. The molecule has 0 amide bonds. The summed E-state index contributed by atoms with van der Waals surface area (Å²) in [6.07, 6.45) is 3.32. The first-order chi connectivity index (χ1) is 10.5. The van der Waals surface area contributed by atoms with Gasteiger partial charge in [-0.1, -0.05) is 30.3 Å². The molecule has 1 aliphatic heterocycles. The molecule has 0 aliphatic carbocycles. The summed E-state index contributed by atoms with van der Waals surface area (Å²) in [6, 6.07) is 9.33. The van der Waals surface area contributed by atoms with Crippen molar-refractivity contribution in [2.75, 3.05) is 13.1 Å². The minimum Gasteiger partial charge on any atom is -0.321 e. The average Bonchev–Trinajstić information content (AvgIpc) is 3.11. The van der Waals surface area contributed by atoms with Crippen molar-refractivity contribution in [1.82, 2.24) is 19.1 Å². The molecule has 2 heterocycles. The average molecular weight is 320 g/mol. The van der Waals surface area contributed by atoms with Crippen LogP contribution in [0.5, 0.6) is 0 Å². The zero-order valence-electron chi connectivity index (χ0n) is 12.6. The molecule has 1 aromatic heterocycles. The van der Waals surface area contributed by atoms with E-state index < -0.39 is 10.0 Å². The fourth-order valence-electron chi connectivity index (χ4n) is 2.84. The van der Waals surface area contributed by atoms with Gasteiger partial charge >= 0.3 is 0 Å². The Kier molecular flexibility index (Phi) is 4.26. The van der Waals surface area contributed by atoms with Crippen LogP contribution in [0.25, 0.3) is 0 Å². The number of aryl methyl sites for hydroxylation is 1. The number of hydrogen-bond acceptors (Lipinski definition) is 4. The van der Waals surface area contributed by atoms with Gasteiger partial charge in [-0.3, -0.25) is 0 Å². The van der Waals surface area contributed by atoms with Crippen LogP contribution in [0.2, 0.25) is 0 Å². The Labute approximate surface area is 130 Å². The topological polar surface area (TPSA) is 68.1 Å². The van der Waals surface area contributed by atoms with Crippen molar-refractivity contribution in [2.24, 2.45) is 13.0 Å². The maximum atomic E-state index is 12.5. The smallest absolute Gasteiger partial charge is 0.218 e. The van der Waals surface area contributed by atoms with Gasteiger partial charge in [-0.2, -0.15) is 0 Å². The van der Waals surface area contributed by atoms with Crippen LogP contribution < -0.4 is 0 Å². The van der Waals surface area contributed by atoms with Gasteiger partial charge in [-0.05, 0) is 17.9 Å².